The summed E-state index contributed by atoms with van der Waals surface area (Å²) in [5.41, 5.74) is 0.173. The molecule has 3 rings (SSSR count). The van der Waals surface area contributed by atoms with Gasteiger partial charge in [-0.2, -0.15) is 0 Å². The van der Waals surface area contributed by atoms with Gasteiger partial charge in [0.15, 0.2) is 0 Å². The van der Waals surface area contributed by atoms with Crippen molar-refractivity contribution in [3.8, 4) is 5.75 Å². The van der Waals surface area contributed by atoms with Crippen LogP contribution in [-0.4, -0.2) is 5.97 Å². The Morgan fingerprint density at radius 1 is 1.05 bits per heavy atom. The van der Waals surface area contributed by atoms with E-state index in [1.165, 1.54) is 18.2 Å². The Hall–Kier alpha value is -3.15. The van der Waals surface area contributed by atoms with Gasteiger partial charge < -0.3 is 13.6 Å². The van der Waals surface area contributed by atoms with Crippen LogP contribution in [0.5, 0.6) is 5.75 Å². The molecule has 0 saturated heterocycles. The predicted octanol–water partition coefficient (Wildman–Crippen LogP) is 2.27. The number of aryl methyl sites for hydroxylation is 1. The molecule has 22 heavy (non-hydrogen) atoms. The van der Waals surface area contributed by atoms with Crippen LogP contribution in [0.4, 0.5) is 0 Å². The molecule has 110 valence electrons. The second-order valence-electron chi connectivity index (χ2n) is 4.64. The molecule has 0 aliphatic heterocycles. The highest BCUT2D eigenvalue weighted by Gasteiger charge is 2.11. The van der Waals surface area contributed by atoms with E-state index in [4.69, 9.17) is 9.15 Å². The highest BCUT2D eigenvalue weighted by atomic mass is 16.5. The zero-order valence-electron chi connectivity index (χ0n) is 11.5. The average molecular weight is 298 g/mol. The van der Waals surface area contributed by atoms with Gasteiger partial charge in [-0.05, 0) is 30.7 Å². The number of carbonyl (C=O) groups is 1. The van der Waals surface area contributed by atoms with E-state index in [2.05, 4.69) is 4.42 Å². The fourth-order valence-electron chi connectivity index (χ4n) is 2.01. The number of hydrogen-bond acceptors (Lipinski definition) is 6. The molecule has 0 unspecified atom stereocenters. The summed E-state index contributed by atoms with van der Waals surface area (Å²) < 4.78 is 14.8. The van der Waals surface area contributed by atoms with Gasteiger partial charge in [-0.1, -0.05) is 0 Å². The third-order valence-electron chi connectivity index (χ3n) is 3.07. The van der Waals surface area contributed by atoms with Crippen molar-refractivity contribution in [1.82, 2.24) is 0 Å². The second-order valence-corrected chi connectivity index (χ2v) is 4.64. The van der Waals surface area contributed by atoms with Crippen LogP contribution in [0, 0.1) is 6.92 Å². The first-order valence-electron chi connectivity index (χ1n) is 6.38. The average Bonchev–Trinajstić information content (AvgIpc) is 2.47. The Kier molecular flexibility index (Phi) is 3.34. The second kappa shape index (κ2) is 5.33. The van der Waals surface area contributed by atoms with Gasteiger partial charge in [0.25, 0.3) is 0 Å². The number of hydrogen-bond donors (Lipinski definition) is 0. The molecule has 6 nitrogen and oxygen atoms in total. The Bertz CT molecular complexity index is 959. The Morgan fingerprint density at radius 3 is 2.59 bits per heavy atom. The third-order valence-corrected chi connectivity index (χ3v) is 3.07. The summed E-state index contributed by atoms with van der Waals surface area (Å²) in [5.74, 6) is -0.462. The third kappa shape index (κ3) is 2.67. The summed E-state index contributed by atoms with van der Waals surface area (Å²) in [5, 5.41) is 0.755. The zero-order chi connectivity index (χ0) is 15.7. The van der Waals surface area contributed by atoms with Crippen molar-refractivity contribution >= 4 is 16.9 Å². The van der Waals surface area contributed by atoms with Gasteiger partial charge in [0, 0.05) is 23.6 Å². The molecule has 3 aromatic rings. The molecule has 0 atom stereocenters. The molecule has 1 aromatic carbocycles. The minimum Gasteiger partial charge on any atom is -0.430 e. The number of rotatable bonds is 2. The lowest BCUT2D eigenvalue weighted by Gasteiger charge is -2.05. The summed E-state index contributed by atoms with van der Waals surface area (Å²) in [6.45, 7) is 1.79. The Labute approximate surface area is 123 Å². The quantitative estimate of drug-likeness (QED) is 0.410. The van der Waals surface area contributed by atoms with Gasteiger partial charge >= 0.3 is 17.2 Å². The topological polar surface area (TPSA) is 86.7 Å². The SMILES string of the molecule is Cc1cc(=O)oc2cc(OC(=O)c3ccc(=O)oc3)ccc12. The molecule has 0 fully saturated rings. The first-order valence-corrected chi connectivity index (χ1v) is 6.38. The van der Waals surface area contributed by atoms with E-state index >= 15 is 0 Å². The van der Waals surface area contributed by atoms with Crippen LogP contribution in [0.25, 0.3) is 11.0 Å². The van der Waals surface area contributed by atoms with E-state index in [9.17, 15) is 14.4 Å². The van der Waals surface area contributed by atoms with Crippen molar-refractivity contribution in [2.24, 2.45) is 0 Å². The van der Waals surface area contributed by atoms with Gasteiger partial charge in [0.05, 0.1) is 5.56 Å². The molecule has 2 heterocycles. The van der Waals surface area contributed by atoms with Crippen molar-refractivity contribution < 1.29 is 18.4 Å². The van der Waals surface area contributed by atoms with Gasteiger partial charge in [0.1, 0.15) is 17.6 Å². The fraction of sp³-hybridized carbons (Fsp3) is 0.0625. The van der Waals surface area contributed by atoms with Crippen molar-refractivity contribution in [2.45, 2.75) is 6.92 Å². The van der Waals surface area contributed by atoms with Crippen LogP contribution in [0.2, 0.25) is 0 Å². The minimum absolute atomic E-state index is 0.102. The number of fused-ring (bicyclic) bond motifs is 1. The van der Waals surface area contributed by atoms with Crippen molar-refractivity contribution in [1.29, 1.82) is 0 Å². The lowest BCUT2D eigenvalue weighted by atomic mass is 10.1. The largest absolute Gasteiger partial charge is 0.430 e. The number of benzene rings is 1. The van der Waals surface area contributed by atoms with Crippen molar-refractivity contribution in [3.05, 3.63) is 74.6 Å². The summed E-state index contributed by atoms with van der Waals surface area (Å²) in [7, 11) is 0. The maximum absolute atomic E-state index is 11.9. The van der Waals surface area contributed by atoms with Crippen LogP contribution >= 0.6 is 0 Å². The highest BCUT2D eigenvalue weighted by molar-refractivity contribution is 5.91. The van der Waals surface area contributed by atoms with Crippen LogP contribution in [-0.2, 0) is 0 Å². The van der Waals surface area contributed by atoms with Crippen LogP contribution < -0.4 is 16.0 Å². The number of ether oxygens (including phenoxy) is 1. The molecule has 0 saturated carbocycles. The van der Waals surface area contributed by atoms with E-state index in [0.29, 0.717) is 5.58 Å². The molecule has 0 N–H and O–H groups in total. The van der Waals surface area contributed by atoms with E-state index in [-0.39, 0.29) is 11.3 Å². The summed E-state index contributed by atoms with van der Waals surface area (Å²) in [6.07, 6.45) is 1.02. The molecule has 6 heteroatoms. The lowest BCUT2D eigenvalue weighted by Crippen LogP contribution is -2.10. The Balaban J connectivity index is 1.94. The molecule has 2 aromatic heterocycles. The maximum Gasteiger partial charge on any atom is 0.346 e. The molecule has 0 radical (unpaired) electrons. The standard InChI is InChI=1S/C16H10O6/c1-9-6-15(18)22-13-7-11(3-4-12(9)13)21-16(19)10-2-5-14(17)20-8-10/h2-8H,1H3. The van der Waals surface area contributed by atoms with Crippen LogP contribution in [0.1, 0.15) is 15.9 Å². The monoisotopic (exact) mass is 298 g/mol. The predicted molar refractivity (Wildman–Crippen MR) is 77.2 cm³/mol. The van der Waals surface area contributed by atoms with Gasteiger partial charge in [-0.3, -0.25) is 0 Å². The first-order chi connectivity index (χ1) is 10.5. The normalized spacial score (nSPS) is 10.6. The van der Waals surface area contributed by atoms with E-state index < -0.39 is 17.2 Å². The first kappa shape index (κ1) is 13.8. The molecule has 0 aliphatic rings. The fourth-order valence-corrected chi connectivity index (χ4v) is 2.01. The van der Waals surface area contributed by atoms with Crippen LogP contribution in [0.15, 0.2) is 61.1 Å². The zero-order valence-corrected chi connectivity index (χ0v) is 11.5. The van der Waals surface area contributed by atoms with Gasteiger partial charge in [0.2, 0.25) is 0 Å². The van der Waals surface area contributed by atoms with Gasteiger partial charge in [-0.15, -0.1) is 0 Å². The number of esters is 1. The van der Waals surface area contributed by atoms with E-state index in [0.717, 1.165) is 23.3 Å². The molecule has 0 bridgehead atoms. The summed E-state index contributed by atoms with van der Waals surface area (Å²) >= 11 is 0. The van der Waals surface area contributed by atoms with E-state index in [1.54, 1.807) is 19.1 Å². The molecular formula is C16H10O6. The van der Waals surface area contributed by atoms with Crippen LogP contribution in [0.3, 0.4) is 0 Å². The Morgan fingerprint density at radius 2 is 1.86 bits per heavy atom. The summed E-state index contributed by atoms with van der Waals surface area (Å²) in [6, 6.07) is 8.56. The minimum atomic E-state index is -0.682. The number of carbonyl (C=O) groups excluding carboxylic acids is 1. The smallest absolute Gasteiger partial charge is 0.346 e. The van der Waals surface area contributed by atoms with Crippen molar-refractivity contribution in [2.75, 3.05) is 0 Å². The van der Waals surface area contributed by atoms with E-state index in [1.807, 2.05) is 0 Å². The summed E-state index contributed by atoms with van der Waals surface area (Å²) in [4.78, 5) is 34.1. The highest BCUT2D eigenvalue weighted by Crippen LogP contribution is 2.22. The molecule has 0 aliphatic carbocycles. The van der Waals surface area contributed by atoms with Gasteiger partial charge in [-0.25, -0.2) is 14.4 Å². The molecular weight excluding hydrogens is 288 g/mol. The molecule has 0 amide bonds. The van der Waals surface area contributed by atoms with Crippen molar-refractivity contribution in [3.63, 3.8) is 0 Å². The maximum atomic E-state index is 11.9. The molecule has 0 spiro atoms. The lowest BCUT2D eigenvalue weighted by molar-refractivity contribution is 0.0732.